The van der Waals surface area contributed by atoms with Gasteiger partial charge in [-0.2, -0.15) is 0 Å². The van der Waals surface area contributed by atoms with Crippen LogP contribution in [-0.4, -0.2) is 20.2 Å². The molecule has 0 radical (unpaired) electrons. The van der Waals surface area contributed by atoms with Crippen LogP contribution in [0.5, 0.6) is 0 Å². The monoisotopic (exact) mass is 417 g/mol. The molecule has 1 aliphatic rings. The van der Waals surface area contributed by atoms with Gasteiger partial charge in [-0.3, -0.25) is 14.8 Å². The van der Waals surface area contributed by atoms with Gasteiger partial charge in [-0.05, 0) is 28.1 Å². The minimum Gasteiger partial charge on any atom is -0.456 e. The van der Waals surface area contributed by atoms with Crippen molar-refractivity contribution in [1.29, 1.82) is 0 Å². The summed E-state index contributed by atoms with van der Waals surface area (Å²) in [4.78, 5) is 20.7. The Morgan fingerprint density at radius 1 is 1.21 bits per heavy atom. The van der Waals surface area contributed by atoms with E-state index in [9.17, 15) is 4.79 Å². The zero-order chi connectivity index (χ0) is 16.7. The molecular formula is C16H8BrN3O2S2. The van der Waals surface area contributed by atoms with Gasteiger partial charge in [0.05, 0.1) is 4.91 Å². The van der Waals surface area contributed by atoms with Crippen LogP contribution >= 0.6 is 39.9 Å². The maximum Gasteiger partial charge on any atom is 0.263 e. The predicted octanol–water partition coefficient (Wildman–Crippen LogP) is 4.14. The van der Waals surface area contributed by atoms with Crippen LogP contribution in [0.2, 0.25) is 0 Å². The molecule has 1 aliphatic heterocycles. The van der Waals surface area contributed by atoms with E-state index in [4.69, 9.17) is 16.6 Å². The minimum atomic E-state index is -0.208. The Morgan fingerprint density at radius 2 is 2.04 bits per heavy atom. The van der Waals surface area contributed by atoms with E-state index in [1.165, 1.54) is 11.8 Å². The fraction of sp³-hybridized carbons (Fsp3) is 0. The van der Waals surface area contributed by atoms with E-state index in [1.54, 1.807) is 30.9 Å². The molecule has 8 heteroatoms. The Balaban J connectivity index is 1.82. The molecule has 1 N–H and O–H groups in total. The van der Waals surface area contributed by atoms with Crippen molar-refractivity contribution in [3.63, 3.8) is 0 Å². The number of aromatic nitrogens is 2. The largest absolute Gasteiger partial charge is 0.456 e. The molecule has 0 atom stereocenters. The molecule has 118 valence electrons. The molecule has 1 amide bonds. The zero-order valence-corrected chi connectivity index (χ0v) is 15.2. The molecule has 24 heavy (non-hydrogen) atoms. The Hall–Kier alpha value is -2.03. The number of rotatable bonds is 2. The van der Waals surface area contributed by atoms with Crippen molar-refractivity contribution < 1.29 is 9.21 Å². The van der Waals surface area contributed by atoms with Crippen LogP contribution in [-0.2, 0) is 4.79 Å². The van der Waals surface area contributed by atoms with Gasteiger partial charge in [-0.1, -0.05) is 24.0 Å². The maximum atomic E-state index is 11.8. The molecule has 4 heterocycles. The van der Waals surface area contributed by atoms with Gasteiger partial charge in [0.15, 0.2) is 0 Å². The van der Waals surface area contributed by atoms with Crippen molar-refractivity contribution in [3.8, 4) is 11.1 Å². The lowest BCUT2D eigenvalue weighted by Crippen LogP contribution is -2.17. The van der Waals surface area contributed by atoms with Crippen molar-refractivity contribution in [2.45, 2.75) is 0 Å². The average Bonchev–Trinajstić information content (AvgIpc) is 3.09. The summed E-state index contributed by atoms with van der Waals surface area (Å²) in [5, 5.41) is 3.44. The number of thioether (sulfide) groups is 1. The van der Waals surface area contributed by atoms with Crippen molar-refractivity contribution >= 4 is 67.2 Å². The summed E-state index contributed by atoms with van der Waals surface area (Å²) in [6, 6.07) is 3.79. The van der Waals surface area contributed by atoms with Gasteiger partial charge in [0.1, 0.15) is 15.7 Å². The van der Waals surface area contributed by atoms with Crippen molar-refractivity contribution in [2.75, 3.05) is 0 Å². The fourth-order valence-electron chi connectivity index (χ4n) is 2.37. The summed E-state index contributed by atoms with van der Waals surface area (Å²) in [6.07, 6.45) is 8.61. The van der Waals surface area contributed by atoms with Crippen LogP contribution in [0.1, 0.15) is 5.76 Å². The number of carbonyl (C=O) groups is 1. The van der Waals surface area contributed by atoms with E-state index < -0.39 is 0 Å². The van der Waals surface area contributed by atoms with Crippen LogP contribution in [0.4, 0.5) is 0 Å². The quantitative estimate of drug-likeness (QED) is 0.499. The van der Waals surface area contributed by atoms with Crippen molar-refractivity contribution in [3.05, 3.63) is 52.1 Å². The van der Waals surface area contributed by atoms with Crippen LogP contribution in [0.15, 0.2) is 50.7 Å². The fourth-order valence-corrected chi connectivity index (χ4v) is 3.76. The smallest absolute Gasteiger partial charge is 0.263 e. The lowest BCUT2D eigenvalue weighted by atomic mass is 10.1. The topological polar surface area (TPSA) is 68.0 Å². The van der Waals surface area contributed by atoms with Crippen molar-refractivity contribution in [2.24, 2.45) is 0 Å². The third-order valence-corrected chi connectivity index (χ3v) is 4.97. The maximum absolute atomic E-state index is 11.8. The Bertz CT molecular complexity index is 1030. The molecule has 1 saturated heterocycles. The highest BCUT2D eigenvalue weighted by molar-refractivity contribution is 9.10. The molecule has 0 saturated carbocycles. The summed E-state index contributed by atoms with van der Waals surface area (Å²) in [7, 11) is 0. The molecular weight excluding hydrogens is 410 g/mol. The SMILES string of the molecule is O=C1NC(=S)S/C1=C/c1cc2cncc(-c3cncc(Br)c3)c2o1. The highest BCUT2D eigenvalue weighted by Crippen LogP contribution is 2.33. The lowest BCUT2D eigenvalue weighted by molar-refractivity contribution is -0.115. The summed E-state index contributed by atoms with van der Waals surface area (Å²) in [6.45, 7) is 0. The molecule has 0 unspecified atom stereocenters. The molecule has 5 nitrogen and oxygen atoms in total. The Kier molecular flexibility index (Phi) is 3.95. The van der Waals surface area contributed by atoms with Gasteiger partial charge in [-0.15, -0.1) is 0 Å². The number of thiocarbonyl (C=S) groups is 1. The second-order valence-electron chi connectivity index (χ2n) is 5.00. The second kappa shape index (κ2) is 6.12. The zero-order valence-electron chi connectivity index (χ0n) is 11.9. The number of carbonyl (C=O) groups excluding carboxylic acids is 1. The van der Waals surface area contributed by atoms with E-state index in [1.807, 2.05) is 12.1 Å². The Morgan fingerprint density at radius 3 is 2.79 bits per heavy atom. The van der Waals surface area contributed by atoms with Gasteiger partial charge < -0.3 is 9.73 Å². The Labute approximate surface area is 154 Å². The first-order valence-electron chi connectivity index (χ1n) is 6.83. The van der Waals surface area contributed by atoms with E-state index in [2.05, 4.69) is 31.2 Å². The number of hydrogen-bond donors (Lipinski definition) is 1. The van der Waals surface area contributed by atoms with E-state index in [-0.39, 0.29) is 5.91 Å². The summed E-state index contributed by atoms with van der Waals surface area (Å²) in [5.41, 5.74) is 2.43. The third-order valence-electron chi connectivity index (χ3n) is 3.37. The molecule has 4 rings (SSSR count). The van der Waals surface area contributed by atoms with E-state index in [0.29, 0.717) is 20.6 Å². The first-order chi connectivity index (χ1) is 11.6. The van der Waals surface area contributed by atoms with Crippen molar-refractivity contribution in [1.82, 2.24) is 15.3 Å². The molecule has 0 spiro atoms. The molecule has 3 aromatic heterocycles. The standard InChI is InChI=1S/C16H8BrN3O2S2/c17-10-1-8(4-18-6-10)12-7-19-5-9-2-11(22-14(9)12)3-13-15(21)20-16(23)24-13/h1-7H,(H,20,21,23)/b13-3+. The minimum absolute atomic E-state index is 0.208. The van der Waals surface area contributed by atoms with Crippen LogP contribution < -0.4 is 5.32 Å². The molecule has 1 fully saturated rings. The van der Waals surface area contributed by atoms with E-state index in [0.717, 1.165) is 21.0 Å². The van der Waals surface area contributed by atoms with Gasteiger partial charge >= 0.3 is 0 Å². The first kappa shape index (κ1) is 15.5. The summed E-state index contributed by atoms with van der Waals surface area (Å²) >= 11 is 9.63. The molecule has 3 aromatic rings. The summed E-state index contributed by atoms with van der Waals surface area (Å²) in [5.74, 6) is 0.365. The number of nitrogens with one attached hydrogen (secondary N) is 1. The molecule has 0 aliphatic carbocycles. The number of furan rings is 1. The first-order valence-corrected chi connectivity index (χ1v) is 8.85. The highest BCUT2D eigenvalue weighted by atomic mass is 79.9. The highest BCUT2D eigenvalue weighted by Gasteiger charge is 2.22. The van der Waals surface area contributed by atoms with Gasteiger partial charge in [0.2, 0.25) is 0 Å². The normalized spacial score (nSPS) is 16.1. The molecule has 0 bridgehead atoms. The predicted molar refractivity (Wildman–Crippen MR) is 101 cm³/mol. The second-order valence-corrected chi connectivity index (χ2v) is 7.63. The average molecular weight is 418 g/mol. The number of nitrogens with zero attached hydrogens (tertiary/aromatic N) is 2. The van der Waals surface area contributed by atoms with Crippen LogP contribution in [0, 0.1) is 0 Å². The van der Waals surface area contributed by atoms with Crippen LogP contribution in [0.3, 0.4) is 0 Å². The number of hydrogen-bond acceptors (Lipinski definition) is 6. The lowest BCUT2D eigenvalue weighted by Gasteiger charge is -2.01. The van der Waals surface area contributed by atoms with Gasteiger partial charge in [-0.25, -0.2) is 0 Å². The van der Waals surface area contributed by atoms with Crippen LogP contribution in [0.25, 0.3) is 28.2 Å². The number of pyridine rings is 2. The number of fused-ring (bicyclic) bond motifs is 1. The third kappa shape index (κ3) is 2.88. The summed E-state index contributed by atoms with van der Waals surface area (Å²) < 4.78 is 7.27. The van der Waals surface area contributed by atoms with E-state index >= 15 is 0 Å². The number of amides is 1. The van der Waals surface area contributed by atoms with Gasteiger partial charge in [0, 0.05) is 51.8 Å². The van der Waals surface area contributed by atoms with Gasteiger partial charge in [0.25, 0.3) is 5.91 Å². The molecule has 0 aromatic carbocycles. The number of halogens is 1.